The first-order chi connectivity index (χ1) is 14.8. The largest absolute Gasteiger partial charge is 0.484 e. The van der Waals surface area contributed by atoms with E-state index >= 15 is 0 Å². The summed E-state index contributed by atoms with van der Waals surface area (Å²) >= 11 is 4.62. The van der Waals surface area contributed by atoms with Crippen LogP contribution in [0.15, 0.2) is 91.0 Å². The fourth-order valence-electron chi connectivity index (χ4n) is 3.43. The molecule has 0 spiro atoms. The van der Waals surface area contributed by atoms with Gasteiger partial charge in [0.15, 0.2) is 6.10 Å². The Labute approximate surface area is 183 Å². The maximum atomic E-state index is 6.35. The maximum Gasteiger partial charge on any atom is 0.162 e. The number of rotatable bonds is 8. The predicted molar refractivity (Wildman–Crippen MR) is 120 cm³/mol. The average molecular weight is 423 g/mol. The van der Waals surface area contributed by atoms with E-state index in [1.54, 1.807) is 0 Å². The van der Waals surface area contributed by atoms with Crippen LogP contribution in [0.5, 0.6) is 5.75 Å². The van der Waals surface area contributed by atoms with E-state index in [1.165, 1.54) is 0 Å². The van der Waals surface area contributed by atoms with Crippen LogP contribution in [0.2, 0.25) is 0 Å². The standard InChI is InChI=1S/C25H26O4S/c30-25-24(29-21-14-8-3-9-15-21)23(27-17-20-12-6-2-7-13-20)22(18-28-25)26-16-19-10-4-1-5-11-19/h1-15,22-25,30H,16-18H2/t22-,23+,24-,25+/m1/s1. The van der Waals surface area contributed by atoms with Crippen molar-refractivity contribution in [2.75, 3.05) is 6.61 Å². The van der Waals surface area contributed by atoms with Gasteiger partial charge < -0.3 is 18.9 Å². The second kappa shape index (κ2) is 10.6. The fraction of sp³-hybridized carbons (Fsp3) is 0.280. The molecule has 0 unspecified atom stereocenters. The van der Waals surface area contributed by atoms with Crippen LogP contribution in [0.25, 0.3) is 0 Å². The molecule has 0 saturated carbocycles. The molecule has 5 heteroatoms. The first-order valence-electron chi connectivity index (χ1n) is 10.1. The third-order valence-corrected chi connectivity index (χ3v) is 5.45. The summed E-state index contributed by atoms with van der Waals surface area (Å²) in [6.45, 7) is 1.34. The van der Waals surface area contributed by atoms with Crippen molar-refractivity contribution in [2.24, 2.45) is 0 Å². The van der Waals surface area contributed by atoms with Crippen molar-refractivity contribution in [3.63, 3.8) is 0 Å². The first-order valence-corrected chi connectivity index (χ1v) is 10.6. The third kappa shape index (κ3) is 5.64. The quantitative estimate of drug-likeness (QED) is 0.525. The second-order valence-electron chi connectivity index (χ2n) is 7.22. The van der Waals surface area contributed by atoms with Gasteiger partial charge in [0.1, 0.15) is 23.4 Å². The summed E-state index contributed by atoms with van der Waals surface area (Å²) in [5, 5.41) is 0. The van der Waals surface area contributed by atoms with Crippen LogP contribution < -0.4 is 4.74 Å². The second-order valence-corrected chi connectivity index (χ2v) is 7.72. The Kier molecular flexibility index (Phi) is 7.43. The number of thiol groups is 1. The topological polar surface area (TPSA) is 36.9 Å². The zero-order valence-electron chi connectivity index (χ0n) is 16.7. The van der Waals surface area contributed by atoms with Crippen molar-refractivity contribution in [2.45, 2.75) is 37.0 Å². The molecule has 0 aromatic heterocycles. The zero-order valence-corrected chi connectivity index (χ0v) is 17.6. The molecule has 4 nitrogen and oxygen atoms in total. The summed E-state index contributed by atoms with van der Waals surface area (Å²) in [5.41, 5.74) is 1.79. The molecule has 1 saturated heterocycles. The lowest BCUT2D eigenvalue weighted by Crippen LogP contribution is -2.55. The van der Waals surface area contributed by atoms with Crippen molar-refractivity contribution in [3.05, 3.63) is 102 Å². The Morgan fingerprint density at radius 3 is 1.83 bits per heavy atom. The molecule has 3 aromatic carbocycles. The van der Waals surface area contributed by atoms with Crippen LogP contribution in [0.1, 0.15) is 11.1 Å². The van der Waals surface area contributed by atoms with Crippen LogP contribution in [0, 0.1) is 0 Å². The van der Waals surface area contributed by atoms with E-state index in [-0.39, 0.29) is 12.2 Å². The average Bonchev–Trinajstić information content (AvgIpc) is 2.81. The van der Waals surface area contributed by atoms with E-state index in [1.807, 2.05) is 91.0 Å². The Bertz CT molecular complexity index is 875. The summed E-state index contributed by atoms with van der Waals surface area (Å²) in [6.07, 6.45) is -1.01. The highest BCUT2D eigenvalue weighted by Gasteiger charge is 2.42. The molecule has 0 amide bonds. The van der Waals surface area contributed by atoms with Crippen LogP contribution in [0.4, 0.5) is 0 Å². The van der Waals surface area contributed by atoms with E-state index in [0.717, 1.165) is 16.9 Å². The molecule has 1 aliphatic heterocycles. The van der Waals surface area contributed by atoms with E-state index in [9.17, 15) is 0 Å². The fourth-order valence-corrected chi connectivity index (χ4v) is 3.74. The van der Waals surface area contributed by atoms with Gasteiger partial charge in [-0.05, 0) is 23.3 Å². The molecule has 1 aliphatic rings. The Morgan fingerprint density at radius 1 is 0.700 bits per heavy atom. The molecule has 4 rings (SSSR count). The summed E-state index contributed by atoms with van der Waals surface area (Å²) in [6, 6.07) is 29.9. The van der Waals surface area contributed by atoms with Crippen molar-refractivity contribution in [1.29, 1.82) is 0 Å². The van der Waals surface area contributed by atoms with Gasteiger partial charge in [0, 0.05) is 0 Å². The molecule has 30 heavy (non-hydrogen) atoms. The van der Waals surface area contributed by atoms with Crippen molar-refractivity contribution < 1.29 is 18.9 Å². The summed E-state index contributed by atoms with van der Waals surface area (Å²) in [5.74, 6) is 0.752. The van der Waals surface area contributed by atoms with Gasteiger partial charge in [-0.3, -0.25) is 0 Å². The van der Waals surface area contributed by atoms with E-state index in [0.29, 0.717) is 19.8 Å². The number of ether oxygens (including phenoxy) is 4. The number of hydrogen-bond acceptors (Lipinski definition) is 5. The van der Waals surface area contributed by atoms with Crippen LogP contribution in [-0.4, -0.2) is 30.4 Å². The van der Waals surface area contributed by atoms with Crippen molar-refractivity contribution in [1.82, 2.24) is 0 Å². The molecule has 1 fully saturated rings. The maximum absolute atomic E-state index is 6.35. The lowest BCUT2D eigenvalue weighted by Gasteiger charge is -2.40. The van der Waals surface area contributed by atoms with Gasteiger partial charge in [0.2, 0.25) is 0 Å². The molecule has 0 N–H and O–H groups in total. The molecule has 3 aromatic rings. The monoisotopic (exact) mass is 422 g/mol. The number of hydrogen-bond donors (Lipinski definition) is 1. The first kappa shape index (κ1) is 20.9. The van der Waals surface area contributed by atoms with E-state index in [2.05, 4.69) is 12.6 Å². The van der Waals surface area contributed by atoms with Crippen molar-refractivity contribution in [3.8, 4) is 5.75 Å². The molecule has 0 bridgehead atoms. The van der Waals surface area contributed by atoms with Gasteiger partial charge in [-0.15, -0.1) is 12.6 Å². The summed E-state index contributed by atoms with van der Waals surface area (Å²) in [4.78, 5) is 0. The van der Waals surface area contributed by atoms with Gasteiger partial charge in [-0.2, -0.15) is 0 Å². The van der Waals surface area contributed by atoms with Gasteiger partial charge in [-0.25, -0.2) is 0 Å². The molecule has 0 radical (unpaired) electrons. The number of para-hydroxylation sites is 1. The highest BCUT2D eigenvalue weighted by Crippen LogP contribution is 2.28. The minimum atomic E-state index is -0.414. The molecule has 1 heterocycles. The predicted octanol–water partition coefficient (Wildman–Crippen LogP) is 4.89. The molecular formula is C25H26O4S. The summed E-state index contributed by atoms with van der Waals surface area (Å²) in [7, 11) is 0. The van der Waals surface area contributed by atoms with Gasteiger partial charge in [0.05, 0.1) is 19.8 Å². The van der Waals surface area contributed by atoms with Gasteiger partial charge in [-0.1, -0.05) is 78.9 Å². The highest BCUT2D eigenvalue weighted by atomic mass is 32.1. The Balaban J connectivity index is 1.50. The van der Waals surface area contributed by atoms with Crippen LogP contribution >= 0.6 is 12.6 Å². The van der Waals surface area contributed by atoms with Gasteiger partial charge in [0.25, 0.3) is 0 Å². The Morgan fingerprint density at radius 2 is 1.23 bits per heavy atom. The lowest BCUT2D eigenvalue weighted by atomic mass is 10.1. The third-order valence-electron chi connectivity index (χ3n) is 5.01. The normalized spacial score (nSPS) is 23.8. The minimum Gasteiger partial charge on any atom is -0.484 e. The van der Waals surface area contributed by atoms with E-state index < -0.39 is 11.5 Å². The Hall–Kier alpha value is -2.31. The highest BCUT2D eigenvalue weighted by molar-refractivity contribution is 7.80. The van der Waals surface area contributed by atoms with E-state index in [4.69, 9.17) is 18.9 Å². The smallest absolute Gasteiger partial charge is 0.162 e. The van der Waals surface area contributed by atoms with Crippen molar-refractivity contribution >= 4 is 12.6 Å². The van der Waals surface area contributed by atoms with Crippen LogP contribution in [-0.2, 0) is 27.4 Å². The van der Waals surface area contributed by atoms with Crippen LogP contribution in [0.3, 0.4) is 0 Å². The van der Waals surface area contributed by atoms with Gasteiger partial charge >= 0.3 is 0 Å². The zero-order chi connectivity index (χ0) is 20.6. The minimum absolute atomic E-state index is 0.272. The lowest BCUT2D eigenvalue weighted by molar-refractivity contribution is -0.197. The molecular weight excluding hydrogens is 396 g/mol. The molecule has 4 atom stereocenters. The molecule has 156 valence electrons. The number of benzene rings is 3. The summed E-state index contributed by atoms with van der Waals surface area (Å²) < 4.78 is 24.7. The molecule has 0 aliphatic carbocycles. The SMILES string of the molecule is S[C@@H]1OC[C@@H](OCc2ccccc2)[C@H](OCc2ccccc2)[C@H]1Oc1ccccc1.